The van der Waals surface area contributed by atoms with E-state index in [1.807, 2.05) is 0 Å². The van der Waals surface area contributed by atoms with E-state index >= 15 is 0 Å². The molecule has 0 atom stereocenters. The molecule has 0 saturated heterocycles. The van der Waals surface area contributed by atoms with Crippen LogP contribution in [0.15, 0.2) is 30.5 Å². The standard InChI is InChI=1S/C15H21NO/c1-3-7-13-12-16(10-6-11-17-2)15-9-5-4-8-14(13)15/h4-5,8-9,12H,3,6-7,10-11H2,1-2H3. The molecule has 0 N–H and O–H groups in total. The topological polar surface area (TPSA) is 14.2 Å². The summed E-state index contributed by atoms with van der Waals surface area (Å²) in [5, 5.41) is 1.41. The summed E-state index contributed by atoms with van der Waals surface area (Å²) in [5.74, 6) is 0. The highest BCUT2D eigenvalue weighted by Crippen LogP contribution is 2.22. The van der Waals surface area contributed by atoms with Gasteiger partial charge in [0.25, 0.3) is 0 Å². The molecule has 1 aromatic heterocycles. The van der Waals surface area contributed by atoms with Crippen LogP contribution in [-0.4, -0.2) is 18.3 Å². The minimum Gasteiger partial charge on any atom is -0.385 e. The van der Waals surface area contributed by atoms with Crippen LogP contribution in [0, 0.1) is 0 Å². The van der Waals surface area contributed by atoms with Crippen LogP contribution in [0.5, 0.6) is 0 Å². The van der Waals surface area contributed by atoms with Crippen LogP contribution in [-0.2, 0) is 17.7 Å². The van der Waals surface area contributed by atoms with Crippen LogP contribution in [0.4, 0.5) is 0 Å². The molecule has 92 valence electrons. The van der Waals surface area contributed by atoms with Crippen molar-refractivity contribution in [3.05, 3.63) is 36.0 Å². The second-order valence-corrected chi connectivity index (χ2v) is 4.46. The van der Waals surface area contributed by atoms with Gasteiger partial charge in [-0.2, -0.15) is 0 Å². The molecule has 2 nitrogen and oxygen atoms in total. The molecule has 2 rings (SSSR count). The van der Waals surface area contributed by atoms with Crippen molar-refractivity contribution in [2.45, 2.75) is 32.7 Å². The van der Waals surface area contributed by atoms with Crippen molar-refractivity contribution in [3.63, 3.8) is 0 Å². The Morgan fingerprint density at radius 2 is 2.06 bits per heavy atom. The number of rotatable bonds is 6. The van der Waals surface area contributed by atoms with Gasteiger partial charge in [-0.05, 0) is 24.5 Å². The summed E-state index contributed by atoms with van der Waals surface area (Å²) in [6.45, 7) is 4.10. The van der Waals surface area contributed by atoms with Gasteiger partial charge in [-0.1, -0.05) is 31.5 Å². The summed E-state index contributed by atoms with van der Waals surface area (Å²) in [7, 11) is 1.76. The minimum absolute atomic E-state index is 0.829. The van der Waals surface area contributed by atoms with Crippen molar-refractivity contribution < 1.29 is 4.74 Å². The highest BCUT2D eigenvalue weighted by Gasteiger charge is 2.06. The first-order valence-corrected chi connectivity index (χ1v) is 6.42. The zero-order chi connectivity index (χ0) is 12.1. The third kappa shape index (κ3) is 2.70. The lowest BCUT2D eigenvalue weighted by Crippen LogP contribution is -1.99. The molecule has 0 saturated carbocycles. The fourth-order valence-corrected chi connectivity index (χ4v) is 2.36. The largest absolute Gasteiger partial charge is 0.385 e. The maximum Gasteiger partial charge on any atom is 0.0483 e. The highest BCUT2D eigenvalue weighted by molar-refractivity contribution is 5.83. The first kappa shape index (κ1) is 12.2. The zero-order valence-electron chi connectivity index (χ0n) is 10.8. The highest BCUT2D eigenvalue weighted by atomic mass is 16.5. The summed E-state index contributed by atoms with van der Waals surface area (Å²) in [6, 6.07) is 8.68. The molecule has 0 fully saturated rings. The number of aromatic nitrogens is 1. The lowest BCUT2D eigenvalue weighted by molar-refractivity contribution is 0.190. The molecule has 17 heavy (non-hydrogen) atoms. The van der Waals surface area contributed by atoms with Crippen molar-refractivity contribution in [1.82, 2.24) is 4.57 Å². The predicted octanol–water partition coefficient (Wildman–Crippen LogP) is 3.63. The van der Waals surface area contributed by atoms with Crippen LogP contribution in [0.2, 0.25) is 0 Å². The average molecular weight is 231 g/mol. The van der Waals surface area contributed by atoms with Gasteiger partial charge < -0.3 is 9.30 Å². The van der Waals surface area contributed by atoms with Crippen LogP contribution in [0.3, 0.4) is 0 Å². The van der Waals surface area contributed by atoms with Crippen molar-refractivity contribution in [2.24, 2.45) is 0 Å². The van der Waals surface area contributed by atoms with Gasteiger partial charge in [-0.3, -0.25) is 0 Å². The second kappa shape index (κ2) is 5.87. The first-order chi connectivity index (χ1) is 8.36. The summed E-state index contributed by atoms with van der Waals surface area (Å²) in [4.78, 5) is 0. The maximum absolute atomic E-state index is 5.12. The van der Waals surface area contributed by atoms with Gasteiger partial charge in [-0.25, -0.2) is 0 Å². The number of para-hydroxylation sites is 1. The van der Waals surface area contributed by atoms with Crippen molar-refractivity contribution >= 4 is 10.9 Å². The Hall–Kier alpha value is -1.28. The van der Waals surface area contributed by atoms with Gasteiger partial charge in [0.15, 0.2) is 0 Å². The fraction of sp³-hybridized carbons (Fsp3) is 0.467. The van der Waals surface area contributed by atoms with E-state index in [0.29, 0.717) is 0 Å². The van der Waals surface area contributed by atoms with E-state index in [9.17, 15) is 0 Å². The molecule has 0 aliphatic carbocycles. The lowest BCUT2D eigenvalue weighted by atomic mass is 10.1. The molecule has 0 radical (unpaired) electrons. The second-order valence-electron chi connectivity index (χ2n) is 4.46. The van der Waals surface area contributed by atoms with Gasteiger partial charge in [0, 0.05) is 37.4 Å². The molecule has 0 spiro atoms. The summed E-state index contributed by atoms with van der Waals surface area (Å²) in [5.41, 5.74) is 2.83. The number of fused-ring (bicyclic) bond motifs is 1. The van der Waals surface area contributed by atoms with Crippen LogP contribution in [0.25, 0.3) is 10.9 Å². The molecule has 0 bridgehead atoms. The number of hydrogen-bond donors (Lipinski definition) is 0. The van der Waals surface area contributed by atoms with E-state index in [0.717, 1.165) is 26.0 Å². The Bertz CT molecular complexity index is 473. The molecular formula is C15H21NO. The number of nitrogens with zero attached hydrogens (tertiary/aromatic N) is 1. The van der Waals surface area contributed by atoms with E-state index < -0.39 is 0 Å². The Morgan fingerprint density at radius 1 is 1.24 bits per heavy atom. The quantitative estimate of drug-likeness (QED) is 0.692. The van der Waals surface area contributed by atoms with Crippen molar-refractivity contribution in [3.8, 4) is 0 Å². The van der Waals surface area contributed by atoms with Crippen LogP contribution < -0.4 is 0 Å². The third-order valence-corrected chi connectivity index (χ3v) is 3.14. The summed E-state index contributed by atoms with van der Waals surface area (Å²) >= 11 is 0. The lowest BCUT2D eigenvalue weighted by Gasteiger charge is -2.04. The summed E-state index contributed by atoms with van der Waals surface area (Å²) in [6.07, 6.45) is 5.74. The van der Waals surface area contributed by atoms with Crippen molar-refractivity contribution in [1.29, 1.82) is 0 Å². The van der Waals surface area contributed by atoms with Gasteiger partial charge in [0.05, 0.1) is 0 Å². The van der Waals surface area contributed by atoms with E-state index in [4.69, 9.17) is 4.74 Å². The number of ether oxygens (including phenoxy) is 1. The van der Waals surface area contributed by atoms with Crippen LogP contribution in [0.1, 0.15) is 25.3 Å². The van der Waals surface area contributed by atoms with E-state index in [1.165, 1.54) is 22.9 Å². The van der Waals surface area contributed by atoms with Crippen LogP contribution >= 0.6 is 0 Å². The number of methoxy groups -OCH3 is 1. The Balaban J connectivity index is 2.28. The monoisotopic (exact) mass is 231 g/mol. The maximum atomic E-state index is 5.12. The molecule has 0 unspecified atom stereocenters. The molecule has 1 aromatic carbocycles. The molecule has 0 aliphatic heterocycles. The first-order valence-electron chi connectivity index (χ1n) is 6.42. The molecule has 0 amide bonds. The summed E-state index contributed by atoms with van der Waals surface area (Å²) < 4.78 is 7.48. The average Bonchev–Trinajstić information content (AvgIpc) is 2.70. The SMILES string of the molecule is CCCc1cn(CCCOC)c2ccccc12. The smallest absolute Gasteiger partial charge is 0.0483 e. The third-order valence-electron chi connectivity index (χ3n) is 3.14. The minimum atomic E-state index is 0.829. The molecule has 2 heteroatoms. The van der Waals surface area contributed by atoms with Gasteiger partial charge in [0.2, 0.25) is 0 Å². The molecule has 0 aliphatic rings. The Labute approximate surface area is 103 Å². The van der Waals surface area contributed by atoms with E-state index in [2.05, 4.69) is 42.0 Å². The Kier molecular flexibility index (Phi) is 4.21. The van der Waals surface area contributed by atoms with Crippen molar-refractivity contribution in [2.75, 3.05) is 13.7 Å². The van der Waals surface area contributed by atoms with Gasteiger partial charge >= 0.3 is 0 Å². The number of aryl methyl sites for hydroxylation is 2. The number of benzene rings is 1. The molecule has 1 heterocycles. The van der Waals surface area contributed by atoms with Gasteiger partial charge in [0.1, 0.15) is 0 Å². The van der Waals surface area contributed by atoms with E-state index in [-0.39, 0.29) is 0 Å². The predicted molar refractivity (Wildman–Crippen MR) is 72.4 cm³/mol. The van der Waals surface area contributed by atoms with Gasteiger partial charge in [-0.15, -0.1) is 0 Å². The zero-order valence-corrected chi connectivity index (χ0v) is 10.8. The number of hydrogen-bond acceptors (Lipinski definition) is 1. The Morgan fingerprint density at radius 3 is 2.82 bits per heavy atom. The fourth-order valence-electron chi connectivity index (χ4n) is 2.36. The molecule has 2 aromatic rings. The molecular weight excluding hydrogens is 210 g/mol. The normalized spacial score (nSPS) is 11.2. The van der Waals surface area contributed by atoms with E-state index in [1.54, 1.807) is 7.11 Å².